The predicted octanol–water partition coefficient (Wildman–Crippen LogP) is 2.96. The zero-order chi connectivity index (χ0) is 16.4. The highest BCUT2D eigenvalue weighted by molar-refractivity contribution is 5.94. The maximum Gasteiger partial charge on any atom is 0.254 e. The van der Waals surface area contributed by atoms with Crippen molar-refractivity contribution in [3.63, 3.8) is 0 Å². The van der Waals surface area contributed by atoms with Gasteiger partial charge in [0, 0.05) is 42.5 Å². The van der Waals surface area contributed by atoms with Crippen LogP contribution in [0.5, 0.6) is 0 Å². The molecule has 5 heteroatoms. The zero-order valence-corrected chi connectivity index (χ0v) is 13.2. The number of carbonyl (C=O) groups excluding carboxylic acids is 1. The van der Waals surface area contributed by atoms with Crippen LogP contribution in [0.15, 0.2) is 60.9 Å². The molecular formula is C19H18N4O. The third-order valence-corrected chi connectivity index (χ3v) is 4.35. The molecule has 0 radical (unpaired) electrons. The van der Waals surface area contributed by atoms with Crippen molar-refractivity contribution in [2.75, 3.05) is 18.4 Å². The molecular weight excluding hydrogens is 300 g/mol. The predicted molar refractivity (Wildman–Crippen MR) is 93.9 cm³/mol. The standard InChI is InChI=1S/C19H18N4O/c24-19(15-7-10-20-11-8-15)23-12-9-16(13-23)21-18-6-5-14-3-1-2-4-17(14)22-18/h1-8,10-11,16H,9,12-13H2,(H,21,22). The molecule has 1 fully saturated rings. The first-order valence-electron chi connectivity index (χ1n) is 8.11. The lowest BCUT2D eigenvalue weighted by Gasteiger charge is -2.17. The number of carbonyl (C=O) groups is 1. The van der Waals surface area contributed by atoms with Crippen molar-refractivity contribution in [1.29, 1.82) is 0 Å². The summed E-state index contributed by atoms with van der Waals surface area (Å²) < 4.78 is 0. The van der Waals surface area contributed by atoms with Gasteiger partial charge >= 0.3 is 0 Å². The first-order chi connectivity index (χ1) is 11.8. The molecule has 24 heavy (non-hydrogen) atoms. The van der Waals surface area contributed by atoms with Gasteiger partial charge in [0.15, 0.2) is 0 Å². The number of likely N-dealkylation sites (tertiary alicyclic amines) is 1. The number of hydrogen-bond acceptors (Lipinski definition) is 4. The van der Waals surface area contributed by atoms with Crippen LogP contribution in [0.1, 0.15) is 16.8 Å². The summed E-state index contributed by atoms with van der Waals surface area (Å²) in [4.78, 5) is 23.0. The molecule has 0 spiro atoms. The SMILES string of the molecule is O=C(c1ccncc1)N1CCC(Nc2ccc3ccccc3n2)C1. The second-order valence-electron chi connectivity index (χ2n) is 6.01. The van der Waals surface area contributed by atoms with Crippen LogP contribution in [0, 0.1) is 0 Å². The van der Waals surface area contributed by atoms with Crippen LogP contribution in [0.2, 0.25) is 0 Å². The van der Waals surface area contributed by atoms with E-state index in [4.69, 9.17) is 0 Å². The fraction of sp³-hybridized carbons (Fsp3) is 0.211. The lowest BCUT2D eigenvalue weighted by molar-refractivity contribution is 0.0791. The average molecular weight is 318 g/mol. The Hall–Kier alpha value is -2.95. The minimum atomic E-state index is 0.0631. The van der Waals surface area contributed by atoms with Gasteiger partial charge in [0.2, 0.25) is 0 Å². The molecule has 5 nitrogen and oxygen atoms in total. The van der Waals surface area contributed by atoms with Crippen molar-refractivity contribution in [2.24, 2.45) is 0 Å². The van der Waals surface area contributed by atoms with E-state index in [9.17, 15) is 4.79 Å². The highest BCUT2D eigenvalue weighted by atomic mass is 16.2. The quantitative estimate of drug-likeness (QED) is 0.806. The van der Waals surface area contributed by atoms with Crippen molar-refractivity contribution >= 4 is 22.6 Å². The van der Waals surface area contributed by atoms with E-state index in [1.807, 2.05) is 29.2 Å². The zero-order valence-electron chi connectivity index (χ0n) is 13.2. The number of amides is 1. The molecule has 1 amide bonds. The van der Waals surface area contributed by atoms with E-state index < -0.39 is 0 Å². The van der Waals surface area contributed by atoms with E-state index in [2.05, 4.69) is 27.4 Å². The van der Waals surface area contributed by atoms with Gasteiger partial charge in [-0.3, -0.25) is 9.78 Å². The lowest BCUT2D eigenvalue weighted by Crippen LogP contribution is -2.31. The summed E-state index contributed by atoms with van der Waals surface area (Å²) >= 11 is 0. The molecule has 0 bridgehead atoms. The molecule has 0 aliphatic carbocycles. The molecule has 1 unspecified atom stereocenters. The smallest absolute Gasteiger partial charge is 0.254 e. The first-order valence-corrected chi connectivity index (χ1v) is 8.11. The van der Waals surface area contributed by atoms with Gasteiger partial charge in [0.1, 0.15) is 5.82 Å². The Bertz CT molecular complexity index is 865. The van der Waals surface area contributed by atoms with E-state index in [0.29, 0.717) is 12.1 Å². The third-order valence-electron chi connectivity index (χ3n) is 4.35. The Labute approximate surface area is 140 Å². The number of benzene rings is 1. The number of hydrogen-bond donors (Lipinski definition) is 1. The number of nitrogens with one attached hydrogen (secondary N) is 1. The Morgan fingerprint density at radius 1 is 1.08 bits per heavy atom. The number of pyridine rings is 2. The van der Waals surface area contributed by atoms with Gasteiger partial charge in [0.05, 0.1) is 5.52 Å². The third kappa shape index (κ3) is 2.93. The van der Waals surface area contributed by atoms with Gasteiger partial charge in [-0.15, -0.1) is 0 Å². The Morgan fingerprint density at radius 3 is 2.79 bits per heavy atom. The van der Waals surface area contributed by atoms with Gasteiger partial charge in [-0.1, -0.05) is 18.2 Å². The fourth-order valence-electron chi connectivity index (χ4n) is 3.10. The van der Waals surface area contributed by atoms with Crippen LogP contribution in [-0.4, -0.2) is 39.9 Å². The topological polar surface area (TPSA) is 58.1 Å². The van der Waals surface area contributed by atoms with Gasteiger partial charge in [0.25, 0.3) is 5.91 Å². The first kappa shape index (κ1) is 14.6. The molecule has 0 saturated carbocycles. The molecule has 2 aromatic heterocycles. The van der Waals surface area contributed by atoms with Gasteiger partial charge < -0.3 is 10.2 Å². The van der Waals surface area contributed by atoms with E-state index in [0.717, 1.165) is 29.7 Å². The van der Waals surface area contributed by atoms with E-state index in [1.54, 1.807) is 24.5 Å². The van der Waals surface area contributed by atoms with Gasteiger partial charge in [-0.05, 0) is 36.8 Å². The van der Waals surface area contributed by atoms with Crippen molar-refractivity contribution in [1.82, 2.24) is 14.9 Å². The molecule has 3 heterocycles. The van der Waals surface area contributed by atoms with Crippen molar-refractivity contribution < 1.29 is 4.79 Å². The number of anilines is 1. The number of rotatable bonds is 3. The molecule has 120 valence electrons. The van der Waals surface area contributed by atoms with Crippen LogP contribution < -0.4 is 5.32 Å². The van der Waals surface area contributed by atoms with Crippen LogP contribution in [-0.2, 0) is 0 Å². The lowest BCUT2D eigenvalue weighted by atomic mass is 10.2. The average Bonchev–Trinajstić information content (AvgIpc) is 3.10. The number of fused-ring (bicyclic) bond motifs is 1. The van der Waals surface area contributed by atoms with Crippen molar-refractivity contribution in [3.05, 3.63) is 66.5 Å². The van der Waals surface area contributed by atoms with Crippen molar-refractivity contribution in [3.8, 4) is 0 Å². The number of aromatic nitrogens is 2. The van der Waals surface area contributed by atoms with E-state index >= 15 is 0 Å². The molecule has 3 aromatic rings. The monoisotopic (exact) mass is 318 g/mol. The fourth-order valence-corrected chi connectivity index (χ4v) is 3.10. The molecule has 1 aromatic carbocycles. The molecule has 1 saturated heterocycles. The Balaban J connectivity index is 1.44. The summed E-state index contributed by atoms with van der Waals surface area (Å²) in [5, 5.41) is 4.58. The molecule has 1 aliphatic heterocycles. The minimum Gasteiger partial charge on any atom is -0.365 e. The summed E-state index contributed by atoms with van der Waals surface area (Å²) in [6.07, 6.45) is 4.22. The highest BCUT2D eigenvalue weighted by Crippen LogP contribution is 2.19. The second-order valence-corrected chi connectivity index (χ2v) is 6.01. The molecule has 1 aliphatic rings. The number of para-hydroxylation sites is 1. The van der Waals surface area contributed by atoms with Crippen LogP contribution in [0.25, 0.3) is 10.9 Å². The Kier molecular flexibility index (Phi) is 3.83. The van der Waals surface area contributed by atoms with E-state index in [1.165, 1.54) is 0 Å². The number of nitrogens with zero attached hydrogens (tertiary/aromatic N) is 3. The van der Waals surface area contributed by atoms with Crippen molar-refractivity contribution in [2.45, 2.75) is 12.5 Å². The highest BCUT2D eigenvalue weighted by Gasteiger charge is 2.27. The maximum atomic E-state index is 12.5. The largest absolute Gasteiger partial charge is 0.365 e. The normalized spacial score (nSPS) is 17.2. The molecule has 1 atom stereocenters. The summed E-state index contributed by atoms with van der Waals surface area (Å²) in [6, 6.07) is 15.9. The molecule has 4 rings (SSSR count). The maximum absolute atomic E-state index is 12.5. The van der Waals surface area contributed by atoms with E-state index in [-0.39, 0.29) is 11.9 Å². The van der Waals surface area contributed by atoms with Crippen LogP contribution in [0.4, 0.5) is 5.82 Å². The van der Waals surface area contributed by atoms with Gasteiger partial charge in [-0.2, -0.15) is 0 Å². The Morgan fingerprint density at radius 2 is 1.92 bits per heavy atom. The van der Waals surface area contributed by atoms with Crippen LogP contribution >= 0.6 is 0 Å². The molecule has 1 N–H and O–H groups in total. The summed E-state index contributed by atoms with van der Waals surface area (Å²) in [5.41, 5.74) is 1.67. The second kappa shape index (κ2) is 6.28. The van der Waals surface area contributed by atoms with Gasteiger partial charge in [-0.25, -0.2) is 4.98 Å². The summed E-state index contributed by atoms with van der Waals surface area (Å²) in [5.74, 6) is 0.921. The summed E-state index contributed by atoms with van der Waals surface area (Å²) in [7, 11) is 0. The summed E-state index contributed by atoms with van der Waals surface area (Å²) in [6.45, 7) is 1.45. The van der Waals surface area contributed by atoms with Crippen LogP contribution in [0.3, 0.4) is 0 Å². The minimum absolute atomic E-state index is 0.0631.